The number of amides is 1. The maximum Gasteiger partial charge on any atom is 0.279 e. The highest BCUT2D eigenvalue weighted by molar-refractivity contribution is 6.31. The fourth-order valence-electron chi connectivity index (χ4n) is 1.64. The van der Waals surface area contributed by atoms with Gasteiger partial charge in [0.25, 0.3) is 5.91 Å². The van der Waals surface area contributed by atoms with Gasteiger partial charge in [-0.2, -0.15) is 0 Å². The van der Waals surface area contributed by atoms with E-state index in [2.05, 4.69) is 26.1 Å². The van der Waals surface area contributed by atoms with E-state index in [0.29, 0.717) is 23.0 Å². The number of methoxy groups -OCH3 is 1. The number of carbonyl (C=O) groups excluding carboxylic acids is 1. The molecule has 0 atom stereocenters. The van der Waals surface area contributed by atoms with Crippen molar-refractivity contribution in [2.24, 2.45) is 0 Å². The minimum atomic E-state index is -0.0495. The van der Waals surface area contributed by atoms with Crippen LogP contribution in [0.2, 0.25) is 5.02 Å². The van der Waals surface area contributed by atoms with E-state index in [0.717, 1.165) is 12.0 Å². The van der Waals surface area contributed by atoms with E-state index < -0.39 is 0 Å². The molecule has 0 saturated carbocycles. The molecule has 3 N–H and O–H groups in total. The Morgan fingerprint density at radius 3 is 2.65 bits per heavy atom. The number of aryl methyl sites for hydroxylation is 1. The van der Waals surface area contributed by atoms with Crippen LogP contribution in [0.15, 0.2) is 12.1 Å². The molecular weight excluding hydrogens is 276 g/mol. The van der Waals surface area contributed by atoms with Crippen molar-refractivity contribution < 1.29 is 14.8 Å². The summed E-state index contributed by atoms with van der Waals surface area (Å²) in [6.45, 7) is 8.62. The first-order chi connectivity index (χ1) is 9.29. The van der Waals surface area contributed by atoms with Gasteiger partial charge >= 0.3 is 0 Å². The number of hydrogen-bond donors (Lipinski definition) is 2. The predicted octanol–water partition coefficient (Wildman–Crippen LogP) is 2.35. The van der Waals surface area contributed by atoms with Crippen LogP contribution in [-0.2, 0) is 4.79 Å². The fraction of sp³-hybridized carbons (Fsp3) is 0.533. The summed E-state index contributed by atoms with van der Waals surface area (Å²) in [6, 6.07) is 3.54. The Hall–Kier alpha value is -1.26. The standard InChI is InChI=1S/C15H23ClN2O2/c1-6-15(3,4)17-9-14(19)18-12-7-10(2)11(16)8-13(12)20-5/h7-8,17H,6,9H2,1-5H3,(H,18,19)/p+1. The highest BCUT2D eigenvalue weighted by Crippen LogP contribution is 2.30. The number of nitrogens with one attached hydrogen (secondary N) is 1. The summed E-state index contributed by atoms with van der Waals surface area (Å²) in [5.41, 5.74) is 1.62. The molecular formula is C15H24ClN2O2+. The van der Waals surface area contributed by atoms with Gasteiger partial charge in [-0.25, -0.2) is 0 Å². The number of anilines is 1. The molecule has 0 aliphatic heterocycles. The Kier molecular flexibility index (Phi) is 5.84. The number of rotatable bonds is 6. The fourth-order valence-corrected chi connectivity index (χ4v) is 1.80. The van der Waals surface area contributed by atoms with E-state index in [1.165, 1.54) is 0 Å². The van der Waals surface area contributed by atoms with Gasteiger partial charge in [-0.15, -0.1) is 0 Å². The highest BCUT2D eigenvalue weighted by Gasteiger charge is 2.20. The number of hydrogen-bond acceptors (Lipinski definition) is 2. The summed E-state index contributed by atoms with van der Waals surface area (Å²) in [7, 11) is 1.56. The number of benzene rings is 1. The second-order valence-electron chi connectivity index (χ2n) is 5.60. The lowest BCUT2D eigenvalue weighted by Crippen LogP contribution is -2.96. The Balaban J connectivity index is 2.73. The van der Waals surface area contributed by atoms with Gasteiger partial charge in [0.1, 0.15) is 5.75 Å². The van der Waals surface area contributed by atoms with Gasteiger partial charge in [-0.1, -0.05) is 18.5 Å². The molecule has 0 aromatic heterocycles. The van der Waals surface area contributed by atoms with Gasteiger partial charge in [0.15, 0.2) is 6.54 Å². The first-order valence-corrected chi connectivity index (χ1v) is 7.15. The molecule has 5 heteroatoms. The minimum Gasteiger partial charge on any atom is -0.495 e. The van der Waals surface area contributed by atoms with Crippen LogP contribution in [0.4, 0.5) is 5.69 Å². The van der Waals surface area contributed by atoms with E-state index in [4.69, 9.17) is 16.3 Å². The van der Waals surface area contributed by atoms with Crippen molar-refractivity contribution in [3.05, 3.63) is 22.7 Å². The molecule has 1 rings (SSSR count). The Labute approximate surface area is 125 Å². The van der Waals surface area contributed by atoms with Gasteiger partial charge in [-0.05, 0) is 38.8 Å². The monoisotopic (exact) mass is 299 g/mol. The summed E-state index contributed by atoms with van der Waals surface area (Å²) in [6.07, 6.45) is 1.00. The molecule has 112 valence electrons. The van der Waals surface area contributed by atoms with Crippen LogP contribution in [0.5, 0.6) is 5.75 Å². The average molecular weight is 300 g/mol. The van der Waals surface area contributed by atoms with Crippen molar-refractivity contribution in [3.8, 4) is 5.75 Å². The summed E-state index contributed by atoms with van der Waals surface area (Å²) in [4.78, 5) is 12.0. The van der Waals surface area contributed by atoms with Gasteiger partial charge in [0.05, 0.1) is 18.3 Å². The van der Waals surface area contributed by atoms with Crippen molar-refractivity contribution in [1.29, 1.82) is 0 Å². The molecule has 0 saturated heterocycles. The molecule has 1 amide bonds. The lowest BCUT2D eigenvalue weighted by atomic mass is 10.0. The predicted molar refractivity (Wildman–Crippen MR) is 82.5 cm³/mol. The normalized spacial score (nSPS) is 11.3. The van der Waals surface area contributed by atoms with Crippen molar-refractivity contribution in [3.63, 3.8) is 0 Å². The first kappa shape index (κ1) is 16.8. The molecule has 4 nitrogen and oxygen atoms in total. The van der Waals surface area contributed by atoms with Gasteiger partial charge in [0.2, 0.25) is 0 Å². The SMILES string of the molecule is CCC(C)(C)[NH2+]CC(=O)Nc1cc(C)c(Cl)cc1OC. The van der Waals surface area contributed by atoms with E-state index in [-0.39, 0.29) is 11.4 Å². The lowest BCUT2D eigenvalue weighted by Gasteiger charge is -2.20. The van der Waals surface area contributed by atoms with Crippen LogP contribution in [0.3, 0.4) is 0 Å². The Morgan fingerprint density at radius 1 is 1.45 bits per heavy atom. The maximum atomic E-state index is 12.0. The molecule has 1 aromatic rings. The molecule has 0 aliphatic carbocycles. The summed E-state index contributed by atoms with van der Waals surface area (Å²) in [5, 5.41) is 5.54. The van der Waals surface area contributed by atoms with Gasteiger partial charge in [0, 0.05) is 11.1 Å². The highest BCUT2D eigenvalue weighted by atomic mass is 35.5. The molecule has 0 unspecified atom stereocenters. The molecule has 0 spiro atoms. The quantitative estimate of drug-likeness (QED) is 0.847. The van der Waals surface area contributed by atoms with Crippen LogP contribution >= 0.6 is 11.6 Å². The Bertz CT molecular complexity index is 487. The molecule has 0 fully saturated rings. The third-order valence-corrected chi connectivity index (χ3v) is 3.91. The number of quaternary nitrogens is 1. The smallest absolute Gasteiger partial charge is 0.279 e. The molecule has 0 aliphatic rings. The number of halogens is 1. The molecule has 20 heavy (non-hydrogen) atoms. The van der Waals surface area contributed by atoms with Crippen molar-refractivity contribution in [2.75, 3.05) is 19.0 Å². The molecule has 0 heterocycles. The maximum absolute atomic E-state index is 12.0. The Morgan fingerprint density at radius 2 is 2.10 bits per heavy atom. The van der Waals surface area contributed by atoms with Crippen molar-refractivity contribution in [2.45, 2.75) is 39.7 Å². The van der Waals surface area contributed by atoms with Gasteiger partial charge in [-0.3, -0.25) is 4.79 Å². The van der Waals surface area contributed by atoms with Crippen LogP contribution in [-0.4, -0.2) is 25.1 Å². The second-order valence-corrected chi connectivity index (χ2v) is 6.01. The van der Waals surface area contributed by atoms with Gasteiger partial charge < -0.3 is 15.4 Å². The zero-order chi connectivity index (χ0) is 15.3. The lowest BCUT2D eigenvalue weighted by molar-refractivity contribution is -0.711. The zero-order valence-electron chi connectivity index (χ0n) is 12.8. The van der Waals surface area contributed by atoms with E-state index in [1.54, 1.807) is 13.2 Å². The minimum absolute atomic E-state index is 0.0495. The van der Waals surface area contributed by atoms with Crippen molar-refractivity contribution in [1.82, 2.24) is 0 Å². The number of carbonyl (C=O) groups is 1. The third-order valence-electron chi connectivity index (χ3n) is 3.51. The second kappa shape index (κ2) is 6.95. The molecule has 0 radical (unpaired) electrons. The summed E-state index contributed by atoms with van der Waals surface area (Å²) >= 11 is 6.04. The molecule has 1 aromatic carbocycles. The summed E-state index contributed by atoms with van der Waals surface area (Å²) in [5.74, 6) is 0.523. The van der Waals surface area contributed by atoms with Crippen LogP contribution < -0.4 is 15.4 Å². The van der Waals surface area contributed by atoms with Crippen LogP contribution in [0.1, 0.15) is 32.8 Å². The third kappa shape index (κ3) is 4.69. The average Bonchev–Trinajstić information content (AvgIpc) is 2.40. The van der Waals surface area contributed by atoms with Crippen LogP contribution in [0, 0.1) is 6.92 Å². The van der Waals surface area contributed by atoms with Crippen molar-refractivity contribution >= 4 is 23.2 Å². The van der Waals surface area contributed by atoms with E-state index >= 15 is 0 Å². The van der Waals surface area contributed by atoms with E-state index in [1.807, 2.05) is 18.3 Å². The number of ether oxygens (including phenoxy) is 1. The summed E-state index contributed by atoms with van der Waals surface area (Å²) < 4.78 is 5.24. The van der Waals surface area contributed by atoms with E-state index in [9.17, 15) is 4.79 Å². The largest absolute Gasteiger partial charge is 0.495 e. The first-order valence-electron chi connectivity index (χ1n) is 6.77. The topological polar surface area (TPSA) is 54.9 Å². The number of nitrogens with two attached hydrogens (primary N) is 1. The molecule has 0 bridgehead atoms. The van der Waals surface area contributed by atoms with Crippen LogP contribution in [0.25, 0.3) is 0 Å². The zero-order valence-corrected chi connectivity index (χ0v) is 13.6.